The van der Waals surface area contributed by atoms with Crippen LogP contribution < -0.4 is 19.9 Å². The van der Waals surface area contributed by atoms with Crippen molar-refractivity contribution in [1.82, 2.24) is 15.0 Å². The zero-order valence-corrected chi connectivity index (χ0v) is 16.3. The van der Waals surface area contributed by atoms with Gasteiger partial charge in [-0.3, -0.25) is 0 Å². The molecule has 0 saturated heterocycles. The van der Waals surface area contributed by atoms with Crippen LogP contribution in [0.15, 0.2) is 54.9 Å². The van der Waals surface area contributed by atoms with Gasteiger partial charge in [0, 0.05) is 22.8 Å². The third-order valence-electron chi connectivity index (χ3n) is 4.72. The third kappa shape index (κ3) is 3.27. The minimum atomic E-state index is 0.349. The lowest BCUT2D eigenvalue weighted by molar-refractivity contribution is 0.395. The van der Waals surface area contributed by atoms with E-state index in [-0.39, 0.29) is 0 Å². The summed E-state index contributed by atoms with van der Waals surface area (Å²) < 4.78 is 16.5. The predicted molar refractivity (Wildman–Crippen MR) is 112 cm³/mol. The maximum atomic E-state index is 6.21. The Morgan fingerprint density at radius 1 is 0.759 bits per heavy atom. The summed E-state index contributed by atoms with van der Waals surface area (Å²) in [5.41, 5.74) is 9.90. The number of fused-ring (bicyclic) bond motifs is 1. The largest absolute Gasteiger partial charge is 0.497 e. The van der Waals surface area contributed by atoms with Crippen LogP contribution in [0.5, 0.6) is 17.2 Å². The zero-order chi connectivity index (χ0) is 20.4. The summed E-state index contributed by atoms with van der Waals surface area (Å²) in [5, 5.41) is 0.662. The lowest BCUT2D eigenvalue weighted by atomic mass is 9.98. The molecule has 2 heterocycles. The summed E-state index contributed by atoms with van der Waals surface area (Å²) in [6.07, 6.45) is 1.41. The van der Waals surface area contributed by atoms with Gasteiger partial charge >= 0.3 is 0 Å². The van der Waals surface area contributed by atoms with Crippen molar-refractivity contribution >= 4 is 16.9 Å². The van der Waals surface area contributed by atoms with Crippen molar-refractivity contribution in [1.29, 1.82) is 0 Å². The summed E-state index contributed by atoms with van der Waals surface area (Å²) in [6, 6.07) is 15.3. The number of hydrogen-bond acceptors (Lipinski definition) is 7. The lowest BCUT2D eigenvalue weighted by Gasteiger charge is -2.15. The number of nitrogens with two attached hydrogens (primary N) is 1. The van der Waals surface area contributed by atoms with Gasteiger partial charge in [0.15, 0.2) is 5.65 Å². The summed E-state index contributed by atoms with van der Waals surface area (Å²) in [5.74, 6) is 2.40. The van der Waals surface area contributed by atoms with Gasteiger partial charge in [-0.25, -0.2) is 15.0 Å². The monoisotopic (exact) mass is 388 g/mol. The number of ether oxygens (including phenoxy) is 3. The van der Waals surface area contributed by atoms with Gasteiger partial charge in [0.1, 0.15) is 29.4 Å². The molecule has 0 unspecified atom stereocenters. The van der Waals surface area contributed by atoms with Gasteiger partial charge < -0.3 is 19.9 Å². The number of benzene rings is 2. The molecule has 4 rings (SSSR count). The molecule has 7 heteroatoms. The van der Waals surface area contributed by atoms with Crippen LogP contribution in [0.4, 0.5) is 5.82 Å². The Kier molecular flexibility index (Phi) is 4.87. The van der Waals surface area contributed by atoms with Crippen LogP contribution in [0.3, 0.4) is 0 Å². The van der Waals surface area contributed by atoms with E-state index in [1.54, 1.807) is 21.3 Å². The molecule has 2 N–H and O–H groups in total. The van der Waals surface area contributed by atoms with E-state index in [0.29, 0.717) is 39.8 Å². The minimum absolute atomic E-state index is 0.349. The van der Waals surface area contributed by atoms with Crippen molar-refractivity contribution in [3.05, 3.63) is 54.9 Å². The van der Waals surface area contributed by atoms with Crippen LogP contribution in [0.1, 0.15) is 0 Å². The van der Waals surface area contributed by atoms with E-state index in [2.05, 4.69) is 9.97 Å². The Morgan fingerprint density at radius 3 is 2.31 bits per heavy atom. The van der Waals surface area contributed by atoms with E-state index >= 15 is 0 Å². The van der Waals surface area contributed by atoms with E-state index in [0.717, 1.165) is 16.7 Å². The van der Waals surface area contributed by atoms with Gasteiger partial charge in [0.2, 0.25) is 0 Å². The summed E-state index contributed by atoms with van der Waals surface area (Å²) in [6.45, 7) is 0. The van der Waals surface area contributed by atoms with Gasteiger partial charge in [-0.05, 0) is 30.3 Å². The molecule has 146 valence electrons. The fraction of sp³-hybridized carbons (Fsp3) is 0.136. The summed E-state index contributed by atoms with van der Waals surface area (Å²) in [4.78, 5) is 13.2. The maximum Gasteiger partial charge on any atom is 0.165 e. The van der Waals surface area contributed by atoms with Crippen molar-refractivity contribution in [2.24, 2.45) is 0 Å². The Bertz CT molecular complexity index is 1190. The molecule has 0 bridgehead atoms. The number of rotatable bonds is 5. The second-order valence-corrected chi connectivity index (χ2v) is 6.28. The fourth-order valence-corrected chi connectivity index (χ4v) is 3.32. The molecule has 4 aromatic rings. The normalized spacial score (nSPS) is 10.7. The molecule has 7 nitrogen and oxygen atoms in total. The van der Waals surface area contributed by atoms with E-state index < -0.39 is 0 Å². The second kappa shape index (κ2) is 7.63. The number of para-hydroxylation sites is 1. The predicted octanol–water partition coefficient (Wildman–Crippen LogP) is 3.97. The van der Waals surface area contributed by atoms with Crippen molar-refractivity contribution in [3.63, 3.8) is 0 Å². The van der Waals surface area contributed by atoms with E-state index in [9.17, 15) is 0 Å². The summed E-state index contributed by atoms with van der Waals surface area (Å²) >= 11 is 0. The first kappa shape index (κ1) is 18.5. The molecule has 2 aromatic heterocycles. The molecule has 29 heavy (non-hydrogen) atoms. The number of nitrogen functional groups attached to an aromatic ring is 1. The van der Waals surface area contributed by atoms with Crippen LogP contribution in [-0.2, 0) is 0 Å². The minimum Gasteiger partial charge on any atom is -0.497 e. The fourth-order valence-electron chi connectivity index (χ4n) is 3.32. The first-order valence-electron chi connectivity index (χ1n) is 8.93. The lowest BCUT2D eigenvalue weighted by Crippen LogP contribution is -2.00. The van der Waals surface area contributed by atoms with Gasteiger partial charge in [0.05, 0.1) is 32.4 Å². The number of anilines is 1. The molecule has 0 saturated carbocycles. The maximum absolute atomic E-state index is 6.21. The Labute approximate surface area is 168 Å². The van der Waals surface area contributed by atoms with E-state index in [1.165, 1.54) is 6.33 Å². The van der Waals surface area contributed by atoms with Gasteiger partial charge in [0.25, 0.3) is 0 Å². The Balaban J connectivity index is 2.05. The average Bonchev–Trinajstić information content (AvgIpc) is 2.78. The molecule has 2 aromatic carbocycles. The highest BCUT2D eigenvalue weighted by Gasteiger charge is 2.18. The Morgan fingerprint density at radius 2 is 1.55 bits per heavy atom. The highest BCUT2D eigenvalue weighted by molar-refractivity contribution is 6.02. The first-order valence-corrected chi connectivity index (χ1v) is 8.93. The van der Waals surface area contributed by atoms with Gasteiger partial charge in [-0.2, -0.15) is 0 Å². The first-order chi connectivity index (χ1) is 14.2. The van der Waals surface area contributed by atoms with E-state index in [1.807, 2.05) is 48.5 Å². The smallest absolute Gasteiger partial charge is 0.165 e. The van der Waals surface area contributed by atoms with Crippen LogP contribution in [0.25, 0.3) is 33.4 Å². The van der Waals surface area contributed by atoms with Crippen LogP contribution in [0.2, 0.25) is 0 Å². The molecular weight excluding hydrogens is 368 g/mol. The van der Waals surface area contributed by atoms with Gasteiger partial charge in [-0.1, -0.05) is 12.1 Å². The second-order valence-electron chi connectivity index (χ2n) is 6.28. The third-order valence-corrected chi connectivity index (χ3v) is 4.72. The molecule has 0 amide bonds. The highest BCUT2D eigenvalue weighted by Crippen LogP contribution is 2.40. The quantitative estimate of drug-likeness (QED) is 0.553. The molecule has 0 aliphatic rings. The van der Waals surface area contributed by atoms with E-state index in [4.69, 9.17) is 24.9 Å². The van der Waals surface area contributed by atoms with Crippen molar-refractivity contribution in [2.75, 3.05) is 27.1 Å². The molecular formula is C22H20N4O3. The zero-order valence-electron chi connectivity index (χ0n) is 16.3. The molecule has 0 radical (unpaired) electrons. The SMILES string of the molecule is COc1ccc(-c2cc(-c3ccccc3OC)nc3ncnc(N)c23)c(OC)c1. The molecule has 0 spiro atoms. The average molecular weight is 388 g/mol. The molecule has 0 fully saturated rings. The van der Waals surface area contributed by atoms with Crippen molar-refractivity contribution in [2.45, 2.75) is 0 Å². The number of methoxy groups -OCH3 is 3. The molecule has 0 atom stereocenters. The Hall–Kier alpha value is -3.87. The van der Waals surface area contributed by atoms with Crippen molar-refractivity contribution < 1.29 is 14.2 Å². The topological polar surface area (TPSA) is 92.4 Å². The highest BCUT2D eigenvalue weighted by atomic mass is 16.5. The molecule has 0 aliphatic carbocycles. The van der Waals surface area contributed by atoms with Crippen molar-refractivity contribution in [3.8, 4) is 39.6 Å². The number of hydrogen-bond donors (Lipinski definition) is 1. The number of nitrogens with zero attached hydrogens (tertiary/aromatic N) is 3. The van der Waals surface area contributed by atoms with Crippen LogP contribution >= 0.6 is 0 Å². The van der Waals surface area contributed by atoms with Crippen LogP contribution in [-0.4, -0.2) is 36.3 Å². The van der Waals surface area contributed by atoms with Crippen LogP contribution in [0, 0.1) is 0 Å². The molecule has 0 aliphatic heterocycles. The standard InChI is InChI=1S/C22H20N4O3/c1-27-13-8-9-14(19(10-13)29-3)16-11-17(15-6-4-5-7-18(15)28-2)26-22-20(16)21(23)24-12-25-22/h4-12H,1-3H3,(H2,23,24,25,26). The summed E-state index contributed by atoms with van der Waals surface area (Å²) in [7, 11) is 4.86. The number of pyridine rings is 1. The van der Waals surface area contributed by atoms with Gasteiger partial charge in [-0.15, -0.1) is 0 Å². The number of aromatic nitrogens is 3.